The van der Waals surface area contributed by atoms with E-state index in [-0.39, 0.29) is 15.5 Å². The van der Waals surface area contributed by atoms with Gasteiger partial charge in [-0.1, -0.05) is 30.3 Å². The van der Waals surface area contributed by atoms with Crippen LogP contribution in [-0.4, -0.2) is 28.3 Å². The number of hydrogen-bond donors (Lipinski definition) is 1. The largest absolute Gasteiger partial charge is 0.276 e. The van der Waals surface area contributed by atoms with Crippen LogP contribution in [0.5, 0.6) is 0 Å². The minimum Gasteiger partial charge on any atom is -0.223 e. The SMILES string of the molecule is O=S(=O)(CC(=NNS(=O)(=O)c1ccc(F)cc1)c1ccccc1)c1ccc(F)cc1. The van der Waals surface area contributed by atoms with E-state index in [1.54, 1.807) is 30.3 Å². The number of nitrogens with one attached hydrogen (secondary N) is 1. The Hall–Kier alpha value is -3.11. The van der Waals surface area contributed by atoms with E-state index >= 15 is 0 Å². The highest BCUT2D eigenvalue weighted by Gasteiger charge is 2.21. The van der Waals surface area contributed by atoms with E-state index in [1.807, 2.05) is 4.83 Å². The van der Waals surface area contributed by atoms with E-state index in [9.17, 15) is 25.6 Å². The monoisotopic (exact) mass is 450 g/mol. The standard InChI is InChI=1S/C20H16F2N2O4S2/c21-16-6-10-18(11-7-16)29(25,26)14-20(15-4-2-1-3-5-15)23-24-30(27,28)19-12-8-17(22)9-13-19/h1-13,24H,14H2. The van der Waals surface area contributed by atoms with Gasteiger partial charge in [-0.3, -0.25) is 0 Å². The third kappa shape index (κ3) is 5.28. The summed E-state index contributed by atoms with van der Waals surface area (Å²) in [6.45, 7) is 0. The zero-order chi connectivity index (χ0) is 21.8. The van der Waals surface area contributed by atoms with Crippen LogP contribution in [0.1, 0.15) is 5.56 Å². The minimum absolute atomic E-state index is 0.0642. The highest BCUT2D eigenvalue weighted by atomic mass is 32.2. The molecule has 3 rings (SSSR count). The Kier molecular flexibility index (Phi) is 6.28. The van der Waals surface area contributed by atoms with Gasteiger partial charge in [-0.2, -0.15) is 18.4 Å². The highest BCUT2D eigenvalue weighted by molar-refractivity contribution is 7.92. The number of benzene rings is 3. The fourth-order valence-corrected chi connectivity index (χ4v) is 4.64. The average molecular weight is 450 g/mol. The maximum absolute atomic E-state index is 13.1. The van der Waals surface area contributed by atoms with Gasteiger partial charge in [0.1, 0.15) is 11.6 Å². The molecule has 1 N–H and O–H groups in total. The molecule has 0 aliphatic carbocycles. The molecule has 3 aromatic rings. The lowest BCUT2D eigenvalue weighted by Crippen LogP contribution is -2.24. The summed E-state index contributed by atoms with van der Waals surface area (Å²) < 4.78 is 76.5. The number of hydrogen-bond acceptors (Lipinski definition) is 5. The van der Waals surface area contributed by atoms with E-state index < -0.39 is 37.2 Å². The molecule has 30 heavy (non-hydrogen) atoms. The Labute approximate surface area is 172 Å². The summed E-state index contributed by atoms with van der Waals surface area (Å²) in [4.78, 5) is 1.62. The van der Waals surface area contributed by atoms with Crippen molar-refractivity contribution in [1.29, 1.82) is 0 Å². The van der Waals surface area contributed by atoms with Crippen LogP contribution in [0.2, 0.25) is 0 Å². The molecule has 0 spiro atoms. The van der Waals surface area contributed by atoms with Crippen LogP contribution >= 0.6 is 0 Å². The number of sulfone groups is 1. The van der Waals surface area contributed by atoms with Gasteiger partial charge in [-0.15, -0.1) is 0 Å². The van der Waals surface area contributed by atoms with E-state index in [0.717, 1.165) is 48.5 Å². The van der Waals surface area contributed by atoms with Gasteiger partial charge in [0.2, 0.25) is 0 Å². The third-order valence-corrected chi connectivity index (χ3v) is 6.90. The second-order valence-corrected chi connectivity index (χ2v) is 9.84. The van der Waals surface area contributed by atoms with Crippen LogP contribution in [0.15, 0.2) is 93.8 Å². The second kappa shape index (κ2) is 8.72. The molecule has 0 amide bonds. The number of halogens is 2. The molecule has 0 heterocycles. The normalized spacial score (nSPS) is 12.5. The Morgan fingerprint density at radius 2 is 1.23 bits per heavy atom. The molecule has 10 heteroatoms. The zero-order valence-electron chi connectivity index (χ0n) is 15.4. The van der Waals surface area contributed by atoms with Gasteiger partial charge in [-0.05, 0) is 54.1 Å². The summed E-state index contributed by atoms with van der Waals surface area (Å²) in [5.41, 5.74) is 0.315. The average Bonchev–Trinajstić information content (AvgIpc) is 2.72. The first-order valence-corrected chi connectivity index (χ1v) is 11.7. The van der Waals surface area contributed by atoms with Gasteiger partial charge >= 0.3 is 0 Å². The molecule has 0 unspecified atom stereocenters. The lowest BCUT2D eigenvalue weighted by atomic mass is 10.1. The summed E-state index contributed by atoms with van der Waals surface area (Å²) in [6, 6.07) is 16.5. The van der Waals surface area contributed by atoms with Crippen molar-refractivity contribution in [2.75, 3.05) is 5.75 Å². The molecule has 0 aliphatic heterocycles. The summed E-state index contributed by atoms with van der Waals surface area (Å²) in [7, 11) is -8.10. The lowest BCUT2D eigenvalue weighted by Gasteiger charge is -2.10. The van der Waals surface area contributed by atoms with Crippen molar-refractivity contribution in [2.24, 2.45) is 5.10 Å². The van der Waals surface area contributed by atoms with Crippen LogP contribution < -0.4 is 4.83 Å². The molecule has 0 aliphatic rings. The quantitative estimate of drug-likeness (QED) is 0.340. The molecule has 0 fully saturated rings. The summed E-state index contributed by atoms with van der Waals surface area (Å²) >= 11 is 0. The van der Waals surface area contributed by atoms with Crippen LogP contribution in [-0.2, 0) is 19.9 Å². The molecular weight excluding hydrogens is 434 g/mol. The van der Waals surface area contributed by atoms with Crippen LogP contribution in [0.25, 0.3) is 0 Å². The van der Waals surface area contributed by atoms with Crippen molar-refractivity contribution in [1.82, 2.24) is 4.83 Å². The zero-order valence-corrected chi connectivity index (χ0v) is 17.0. The van der Waals surface area contributed by atoms with Crippen molar-refractivity contribution >= 4 is 25.6 Å². The van der Waals surface area contributed by atoms with Crippen LogP contribution in [0.3, 0.4) is 0 Å². The van der Waals surface area contributed by atoms with Crippen molar-refractivity contribution in [2.45, 2.75) is 9.79 Å². The van der Waals surface area contributed by atoms with Gasteiger partial charge in [0.05, 0.1) is 21.3 Å². The molecule has 6 nitrogen and oxygen atoms in total. The fourth-order valence-electron chi connectivity index (χ4n) is 2.50. The van der Waals surface area contributed by atoms with E-state index in [2.05, 4.69) is 5.10 Å². The minimum atomic E-state index is -4.15. The number of hydrazone groups is 1. The van der Waals surface area contributed by atoms with Gasteiger partial charge in [-0.25, -0.2) is 17.2 Å². The third-order valence-electron chi connectivity index (χ3n) is 4.03. The summed E-state index contributed by atoms with van der Waals surface area (Å²) in [6.07, 6.45) is 0. The van der Waals surface area contributed by atoms with Crippen molar-refractivity contribution in [3.8, 4) is 0 Å². The molecule has 156 valence electrons. The topological polar surface area (TPSA) is 92.7 Å². The van der Waals surface area contributed by atoms with Crippen LogP contribution in [0.4, 0.5) is 8.78 Å². The Bertz CT molecular complexity index is 1260. The van der Waals surface area contributed by atoms with Crippen molar-refractivity contribution in [3.63, 3.8) is 0 Å². The maximum atomic E-state index is 13.1. The number of nitrogens with zero attached hydrogens (tertiary/aromatic N) is 1. The molecule has 0 aromatic heterocycles. The molecule has 0 saturated heterocycles. The summed E-state index contributed by atoms with van der Waals surface area (Å²) in [5, 5.41) is 3.82. The van der Waals surface area contributed by atoms with Crippen molar-refractivity contribution in [3.05, 3.63) is 96.1 Å². The Morgan fingerprint density at radius 3 is 1.77 bits per heavy atom. The number of rotatable bonds is 7. The fraction of sp³-hybridized carbons (Fsp3) is 0.0500. The molecule has 0 radical (unpaired) electrons. The van der Waals surface area contributed by atoms with Gasteiger partial charge in [0.15, 0.2) is 9.84 Å². The van der Waals surface area contributed by atoms with Crippen LogP contribution in [0, 0.1) is 11.6 Å². The Morgan fingerprint density at radius 1 is 0.733 bits per heavy atom. The van der Waals surface area contributed by atoms with Gasteiger partial charge in [0.25, 0.3) is 10.0 Å². The first-order valence-electron chi connectivity index (χ1n) is 8.55. The summed E-state index contributed by atoms with van der Waals surface area (Å²) in [5.74, 6) is -1.82. The van der Waals surface area contributed by atoms with Gasteiger partial charge in [0, 0.05) is 0 Å². The first kappa shape index (κ1) is 21.6. The molecular formula is C20H16F2N2O4S2. The second-order valence-electron chi connectivity index (χ2n) is 6.19. The molecule has 0 atom stereocenters. The van der Waals surface area contributed by atoms with Gasteiger partial charge < -0.3 is 0 Å². The van der Waals surface area contributed by atoms with Crippen molar-refractivity contribution < 1.29 is 25.6 Å². The smallest absolute Gasteiger partial charge is 0.223 e. The maximum Gasteiger partial charge on any atom is 0.276 e. The first-order chi connectivity index (χ1) is 14.2. The van der Waals surface area contributed by atoms with E-state index in [1.165, 1.54) is 0 Å². The van der Waals surface area contributed by atoms with E-state index in [0.29, 0.717) is 5.56 Å². The lowest BCUT2D eigenvalue weighted by molar-refractivity contribution is 0.582. The molecule has 0 saturated carbocycles. The Balaban J connectivity index is 1.95. The van der Waals surface area contributed by atoms with E-state index in [4.69, 9.17) is 0 Å². The highest BCUT2D eigenvalue weighted by Crippen LogP contribution is 2.15. The molecule has 3 aromatic carbocycles. The molecule has 0 bridgehead atoms. The number of sulfonamides is 1. The predicted molar refractivity (Wildman–Crippen MR) is 108 cm³/mol. The predicted octanol–water partition coefficient (Wildman–Crippen LogP) is 3.12.